The predicted octanol–water partition coefficient (Wildman–Crippen LogP) is 5.99. The number of carbonyl (C=O) groups is 2. The van der Waals surface area contributed by atoms with E-state index in [1.165, 1.54) is 4.88 Å². The number of fused-ring (bicyclic) bond motifs is 8. The SMILES string of the molecule is CC[C@H]1CCC[C@H](O[C@H]2CC[C@H](NC)[C@@H](C)O2)[C@@H](C)C(=O)C2=C[C@@H]3C(c4nc(C)sc4C4C[C@@H](O[C@@H]5O[C@@H](C)[C@H](OC)[C@@H](OC)[C@H]5OC)C[C@H]43)[C@@H]2CC(=O)O1. The first-order chi connectivity index (χ1) is 26.5. The van der Waals surface area contributed by atoms with Crippen molar-refractivity contribution in [1.29, 1.82) is 0 Å². The Bertz CT molecular complexity index is 1540. The minimum atomic E-state index is -0.627. The number of nitrogens with one attached hydrogen (secondary N) is 1. The number of methoxy groups -OCH3 is 3. The van der Waals surface area contributed by atoms with Gasteiger partial charge in [-0.15, -0.1) is 11.3 Å². The Balaban J connectivity index is 1.18. The van der Waals surface area contributed by atoms with Gasteiger partial charge in [0.2, 0.25) is 0 Å². The van der Waals surface area contributed by atoms with Gasteiger partial charge in [-0.3, -0.25) is 9.59 Å². The number of likely N-dealkylation sites (N-methyl/N-ethyl adjacent to an activating group) is 1. The lowest BCUT2D eigenvalue weighted by atomic mass is 9.67. The number of ketones is 1. The van der Waals surface area contributed by atoms with Crippen LogP contribution in [0, 0.1) is 30.6 Å². The molecule has 1 saturated carbocycles. The lowest BCUT2D eigenvalue weighted by Gasteiger charge is -2.44. The van der Waals surface area contributed by atoms with Crippen molar-refractivity contribution in [2.45, 2.75) is 172 Å². The molecule has 0 spiro atoms. The number of cyclic esters (lactones) is 1. The molecule has 0 aromatic carbocycles. The number of thiazole rings is 1. The van der Waals surface area contributed by atoms with Crippen LogP contribution in [0.1, 0.15) is 113 Å². The van der Waals surface area contributed by atoms with Crippen LogP contribution < -0.4 is 5.32 Å². The number of aryl methyl sites for hydroxylation is 1. The molecule has 3 aliphatic carbocycles. The van der Waals surface area contributed by atoms with Crippen molar-refractivity contribution in [2.24, 2.45) is 23.7 Å². The van der Waals surface area contributed by atoms with Gasteiger partial charge in [-0.25, -0.2) is 4.98 Å². The Hall–Kier alpha value is -1.81. The lowest BCUT2D eigenvalue weighted by Crippen LogP contribution is -2.59. The molecule has 6 aliphatic rings. The standard InChI is InChI=1S/C42H64N2O10S/c1-10-24-12-11-13-32(54-34-15-14-31(43-6)21(3)50-34)20(2)37(46)29-18-27-26-16-25(53-42-40(49-9)39(48-8)38(47-7)22(4)51-42)17-30(26)41-36(44-23(5)55-41)35(27)28(29)19-33(45)52-24/h18,20-22,24-28,30-32,34-35,38-40,42-43H,10-17,19H2,1-9H3/t20-,21-,22+,24+,25+,26+,27+,28-,30?,31+,32+,34+,35?,38+,39-,40-,42+/m1/s1. The molecule has 55 heavy (non-hydrogen) atoms. The van der Waals surface area contributed by atoms with E-state index in [1.807, 2.05) is 20.9 Å². The van der Waals surface area contributed by atoms with Crippen LogP contribution in [0.15, 0.2) is 11.6 Å². The van der Waals surface area contributed by atoms with E-state index in [4.69, 9.17) is 42.9 Å². The molecule has 13 heteroatoms. The van der Waals surface area contributed by atoms with Gasteiger partial charge in [-0.2, -0.15) is 0 Å². The number of nitrogens with zero attached hydrogens (tertiary/aromatic N) is 1. The highest BCUT2D eigenvalue weighted by Crippen LogP contribution is 2.62. The molecular formula is C42H64N2O10S. The van der Waals surface area contributed by atoms with Crippen LogP contribution in [0.5, 0.6) is 0 Å². The number of allylic oxidation sites excluding steroid dienone is 2. The van der Waals surface area contributed by atoms with Crippen LogP contribution >= 0.6 is 11.3 Å². The van der Waals surface area contributed by atoms with Crippen molar-refractivity contribution >= 4 is 23.1 Å². The zero-order valence-electron chi connectivity index (χ0n) is 34.2. The van der Waals surface area contributed by atoms with Crippen LogP contribution in [0.2, 0.25) is 0 Å². The molecule has 308 valence electrons. The molecule has 1 N–H and O–H groups in total. The van der Waals surface area contributed by atoms with E-state index in [9.17, 15) is 9.59 Å². The van der Waals surface area contributed by atoms with E-state index in [2.05, 4.69) is 32.2 Å². The van der Waals surface area contributed by atoms with Crippen molar-refractivity contribution < 1.29 is 47.5 Å². The first-order valence-corrected chi connectivity index (χ1v) is 21.6. The van der Waals surface area contributed by atoms with Gasteiger partial charge in [0.25, 0.3) is 0 Å². The summed E-state index contributed by atoms with van der Waals surface area (Å²) in [6.07, 6.45) is 5.69. The molecule has 17 atom stereocenters. The first kappa shape index (κ1) is 41.4. The Kier molecular flexibility index (Phi) is 13.2. The summed E-state index contributed by atoms with van der Waals surface area (Å²) in [4.78, 5) is 35.1. The summed E-state index contributed by atoms with van der Waals surface area (Å²) in [5.41, 5.74) is 1.77. The molecule has 3 aliphatic heterocycles. The average Bonchev–Trinajstić information content (AvgIpc) is 3.87. The fraction of sp³-hybridized carbons (Fsp3) is 0.833. The molecule has 0 amide bonds. The number of esters is 1. The summed E-state index contributed by atoms with van der Waals surface area (Å²) < 4.78 is 50.0. The summed E-state index contributed by atoms with van der Waals surface area (Å²) in [6, 6.07) is 0.275. The van der Waals surface area contributed by atoms with Gasteiger partial charge in [0.15, 0.2) is 18.4 Å². The largest absolute Gasteiger partial charge is 0.462 e. The molecule has 12 nitrogen and oxygen atoms in total. The number of ether oxygens (including phenoxy) is 8. The Morgan fingerprint density at radius 2 is 1.67 bits per heavy atom. The number of hydrogen-bond acceptors (Lipinski definition) is 13. The summed E-state index contributed by atoms with van der Waals surface area (Å²) in [7, 11) is 6.94. The van der Waals surface area contributed by atoms with Crippen LogP contribution in [-0.4, -0.2) is 113 Å². The molecule has 7 rings (SSSR count). The number of aromatic nitrogens is 1. The van der Waals surface area contributed by atoms with Crippen LogP contribution in [0.25, 0.3) is 0 Å². The summed E-state index contributed by atoms with van der Waals surface area (Å²) >= 11 is 1.74. The predicted molar refractivity (Wildman–Crippen MR) is 206 cm³/mol. The zero-order valence-corrected chi connectivity index (χ0v) is 35.0. The first-order valence-electron chi connectivity index (χ1n) is 20.8. The van der Waals surface area contributed by atoms with E-state index in [-0.39, 0.29) is 103 Å². The molecule has 0 radical (unpaired) electrons. The minimum Gasteiger partial charge on any atom is -0.462 e. The van der Waals surface area contributed by atoms with E-state index >= 15 is 0 Å². The van der Waals surface area contributed by atoms with Gasteiger partial charge in [-0.05, 0) is 96.6 Å². The molecule has 1 aromatic heterocycles. The maximum Gasteiger partial charge on any atom is 0.306 e. The second kappa shape index (κ2) is 17.6. The number of hydrogen-bond donors (Lipinski definition) is 1. The molecular weight excluding hydrogens is 725 g/mol. The number of Topliss-reactive ketones (excluding diaryl/α,β-unsaturated/α-hetero) is 1. The maximum absolute atomic E-state index is 14.9. The van der Waals surface area contributed by atoms with Crippen LogP contribution in [-0.2, 0) is 47.5 Å². The van der Waals surface area contributed by atoms with Gasteiger partial charge >= 0.3 is 5.97 Å². The van der Waals surface area contributed by atoms with Gasteiger partial charge in [-0.1, -0.05) is 19.9 Å². The Morgan fingerprint density at radius 1 is 0.909 bits per heavy atom. The lowest BCUT2D eigenvalue weighted by molar-refractivity contribution is -0.314. The normalized spacial score (nSPS) is 43.7. The van der Waals surface area contributed by atoms with Crippen LogP contribution in [0.4, 0.5) is 0 Å². The molecule has 4 heterocycles. The van der Waals surface area contributed by atoms with E-state index < -0.39 is 18.3 Å². The van der Waals surface area contributed by atoms with Gasteiger partial charge in [0, 0.05) is 55.9 Å². The van der Waals surface area contributed by atoms with Gasteiger partial charge < -0.3 is 43.2 Å². The fourth-order valence-corrected chi connectivity index (χ4v) is 12.1. The quantitative estimate of drug-likeness (QED) is 0.295. The molecule has 2 unspecified atom stereocenters. The summed E-state index contributed by atoms with van der Waals surface area (Å²) in [5, 5.41) is 4.35. The topological polar surface area (TPSA) is 133 Å². The highest BCUT2D eigenvalue weighted by Gasteiger charge is 2.57. The van der Waals surface area contributed by atoms with E-state index in [0.717, 1.165) is 61.2 Å². The van der Waals surface area contributed by atoms with Gasteiger partial charge in [0.1, 0.15) is 24.4 Å². The van der Waals surface area contributed by atoms with Crippen molar-refractivity contribution in [3.8, 4) is 0 Å². The third kappa shape index (κ3) is 8.13. The number of carbonyl (C=O) groups excluding carboxylic acids is 2. The van der Waals surface area contributed by atoms with Crippen molar-refractivity contribution in [1.82, 2.24) is 10.3 Å². The second-order valence-corrected chi connectivity index (χ2v) is 18.1. The molecule has 1 aromatic rings. The smallest absolute Gasteiger partial charge is 0.306 e. The average molecular weight is 789 g/mol. The second-order valence-electron chi connectivity index (χ2n) is 16.9. The summed E-state index contributed by atoms with van der Waals surface area (Å²) in [6.45, 7) is 10.2. The zero-order chi connectivity index (χ0) is 39.1. The Labute approximate surface area is 331 Å². The maximum atomic E-state index is 14.9. The van der Waals surface area contributed by atoms with E-state index in [0.29, 0.717) is 6.42 Å². The highest BCUT2D eigenvalue weighted by molar-refractivity contribution is 7.11. The molecule has 3 saturated heterocycles. The third-order valence-electron chi connectivity index (χ3n) is 13.7. The minimum absolute atomic E-state index is 0.00926. The monoisotopic (exact) mass is 788 g/mol. The van der Waals surface area contributed by atoms with E-state index in [1.54, 1.807) is 32.7 Å². The van der Waals surface area contributed by atoms with Gasteiger partial charge in [0.05, 0.1) is 41.5 Å². The Morgan fingerprint density at radius 3 is 2.36 bits per heavy atom. The third-order valence-corrected chi connectivity index (χ3v) is 14.9. The van der Waals surface area contributed by atoms with Crippen molar-refractivity contribution in [3.63, 3.8) is 0 Å². The summed E-state index contributed by atoms with van der Waals surface area (Å²) in [5.74, 6) is -0.565. The van der Waals surface area contributed by atoms with Crippen LogP contribution in [0.3, 0.4) is 0 Å². The molecule has 4 fully saturated rings. The number of rotatable bonds is 9. The van der Waals surface area contributed by atoms with Crippen molar-refractivity contribution in [2.75, 3.05) is 28.4 Å². The fourth-order valence-electron chi connectivity index (χ4n) is 10.9. The van der Waals surface area contributed by atoms with Crippen molar-refractivity contribution in [3.05, 3.63) is 27.2 Å². The highest BCUT2D eigenvalue weighted by atomic mass is 32.1. The molecule has 0 bridgehead atoms.